The lowest BCUT2D eigenvalue weighted by Crippen LogP contribution is -2.28. The Kier molecular flexibility index (Phi) is 3.28. The highest BCUT2D eigenvalue weighted by Gasteiger charge is 2.29. The number of hydrogen-bond donors (Lipinski definition) is 0. The first kappa shape index (κ1) is 15.0. The number of ketones is 1. The molecule has 0 saturated heterocycles. The summed E-state index contributed by atoms with van der Waals surface area (Å²) >= 11 is 1.37. The van der Waals surface area contributed by atoms with Gasteiger partial charge in [-0.3, -0.25) is 14.0 Å². The van der Waals surface area contributed by atoms with Crippen LogP contribution in [0.15, 0.2) is 18.2 Å². The van der Waals surface area contributed by atoms with Gasteiger partial charge in [0.25, 0.3) is 5.91 Å². The van der Waals surface area contributed by atoms with Crippen LogP contribution in [0.1, 0.15) is 44.0 Å². The first-order chi connectivity index (χ1) is 11.5. The van der Waals surface area contributed by atoms with Crippen molar-refractivity contribution >= 4 is 33.7 Å². The van der Waals surface area contributed by atoms with Gasteiger partial charge in [0.2, 0.25) is 4.96 Å². The Bertz CT molecular complexity index is 1000. The van der Waals surface area contributed by atoms with E-state index in [0.717, 1.165) is 34.2 Å². The molecule has 3 heterocycles. The van der Waals surface area contributed by atoms with Crippen LogP contribution in [0.2, 0.25) is 0 Å². The minimum atomic E-state index is -0.0169. The fourth-order valence-electron chi connectivity index (χ4n) is 3.21. The third kappa shape index (κ3) is 2.08. The molecule has 3 aromatic rings. The van der Waals surface area contributed by atoms with E-state index in [9.17, 15) is 9.59 Å². The summed E-state index contributed by atoms with van der Waals surface area (Å²) in [4.78, 5) is 27.8. The number of rotatable bonds is 2. The number of carbonyl (C=O) groups is 2. The van der Waals surface area contributed by atoms with Crippen LogP contribution in [0.3, 0.4) is 0 Å². The van der Waals surface area contributed by atoms with Crippen molar-refractivity contribution in [2.45, 2.75) is 27.2 Å². The Morgan fingerprint density at radius 2 is 2.00 bits per heavy atom. The molecule has 1 aliphatic heterocycles. The molecule has 0 spiro atoms. The second-order valence-electron chi connectivity index (χ2n) is 5.99. The van der Waals surface area contributed by atoms with Crippen LogP contribution in [0.5, 0.6) is 0 Å². The van der Waals surface area contributed by atoms with Crippen LogP contribution in [0.25, 0.3) is 4.96 Å². The summed E-state index contributed by atoms with van der Waals surface area (Å²) in [5.74, 6) is 0.809. The smallest absolute Gasteiger partial charge is 0.270 e. The van der Waals surface area contributed by atoms with E-state index in [4.69, 9.17) is 0 Å². The van der Waals surface area contributed by atoms with Crippen LogP contribution >= 0.6 is 11.3 Å². The number of fused-ring (bicyclic) bond motifs is 2. The van der Waals surface area contributed by atoms with Gasteiger partial charge in [-0.1, -0.05) is 11.3 Å². The van der Waals surface area contributed by atoms with Gasteiger partial charge in [-0.15, -0.1) is 10.2 Å². The van der Waals surface area contributed by atoms with Crippen LogP contribution in [-0.4, -0.2) is 32.8 Å². The normalized spacial score (nSPS) is 13.5. The van der Waals surface area contributed by atoms with Crippen LogP contribution < -0.4 is 4.90 Å². The Morgan fingerprint density at radius 1 is 1.21 bits per heavy atom. The van der Waals surface area contributed by atoms with Gasteiger partial charge in [-0.2, -0.15) is 0 Å². The molecule has 0 unspecified atom stereocenters. The SMILES string of the molecule is CC(=O)c1ccc2c(c1)CCN2C(=O)c1sc2nnc(C)n2c1C. The lowest BCUT2D eigenvalue weighted by Gasteiger charge is -2.17. The van der Waals surface area contributed by atoms with E-state index in [1.54, 1.807) is 17.9 Å². The van der Waals surface area contributed by atoms with Gasteiger partial charge < -0.3 is 4.90 Å². The van der Waals surface area contributed by atoms with Gasteiger partial charge in [0.1, 0.15) is 10.7 Å². The van der Waals surface area contributed by atoms with Crippen molar-refractivity contribution in [1.29, 1.82) is 0 Å². The number of aryl methyl sites for hydroxylation is 2. The summed E-state index contributed by atoms with van der Waals surface area (Å²) in [7, 11) is 0. The minimum Gasteiger partial charge on any atom is -0.307 e. The molecule has 7 heteroatoms. The molecule has 2 aromatic heterocycles. The van der Waals surface area contributed by atoms with Gasteiger partial charge in [0.15, 0.2) is 5.78 Å². The summed E-state index contributed by atoms with van der Waals surface area (Å²) in [5, 5.41) is 8.15. The molecule has 1 aliphatic rings. The largest absolute Gasteiger partial charge is 0.307 e. The average Bonchev–Trinajstić information content (AvgIpc) is 3.22. The Hall–Kier alpha value is -2.54. The number of aromatic nitrogens is 3. The van der Waals surface area contributed by atoms with Gasteiger partial charge in [-0.05, 0) is 51.0 Å². The van der Waals surface area contributed by atoms with Crippen molar-refractivity contribution in [3.8, 4) is 0 Å². The lowest BCUT2D eigenvalue weighted by atomic mass is 10.1. The van der Waals surface area contributed by atoms with Gasteiger partial charge in [0.05, 0.1) is 0 Å². The zero-order valence-electron chi connectivity index (χ0n) is 13.7. The third-order valence-electron chi connectivity index (χ3n) is 4.47. The highest BCUT2D eigenvalue weighted by Crippen LogP contribution is 2.32. The molecule has 0 N–H and O–H groups in total. The van der Waals surface area contributed by atoms with E-state index in [1.807, 2.05) is 30.4 Å². The Labute approximate surface area is 142 Å². The maximum absolute atomic E-state index is 13.0. The fourth-order valence-corrected chi connectivity index (χ4v) is 4.28. The van der Waals surface area contributed by atoms with Gasteiger partial charge >= 0.3 is 0 Å². The van der Waals surface area contributed by atoms with E-state index >= 15 is 0 Å². The molecular formula is C17H16N4O2S. The summed E-state index contributed by atoms with van der Waals surface area (Å²) in [6.45, 7) is 5.98. The number of anilines is 1. The molecule has 0 bridgehead atoms. The van der Waals surface area contributed by atoms with Crippen molar-refractivity contribution in [1.82, 2.24) is 14.6 Å². The number of hydrogen-bond acceptors (Lipinski definition) is 5. The predicted molar refractivity (Wildman–Crippen MR) is 92.2 cm³/mol. The van der Waals surface area contributed by atoms with Crippen LogP contribution in [0, 0.1) is 13.8 Å². The summed E-state index contributed by atoms with van der Waals surface area (Å²) in [6, 6.07) is 5.56. The molecule has 4 rings (SSSR count). The number of carbonyl (C=O) groups excluding carboxylic acids is 2. The first-order valence-corrected chi connectivity index (χ1v) is 8.56. The fraction of sp³-hybridized carbons (Fsp3) is 0.294. The van der Waals surface area contributed by atoms with E-state index in [-0.39, 0.29) is 11.7 Å². The van der Waals surface area contributed by atoms with Gasteiger partial charge in [-0.25, -0.2) is 0 Å². The topological polar surface area (TPSA) is 67.6 Å². The van der Waals surface area contributed by atoms with Crippen LogP contribution in [0.4, 0.5) is 5.69 Å². The number of nitrogens with zero attached hydrogens (tertiary/aromatic N) is 4. The molecule has 122 valence electrons. The molecule has 0 aliphatic carbocycles. The van der Waals surface area contributed by atoms with Crippen LogP contribution in [-0.2, 0) is 6.42 Å². The second kappa shape index (κ2) is 5.24. The van der Waals surface area contributed by atoms with E-state index in [2.05, 4.69) is 10.2 Å². The quantitative estimate of drug-likeness (QED) is 0.673. The molecule has 0 fully saturated rings. The highest BCUT2D eigenvalue weighted by molar-refractivity contribution is 7.19. The van der Waals surface area contributed by atoms with Gasteiger partial charge in [0, 0.05) is 23.5 Å². The summed E-state index contributed by atoms with van der Waals surface area (Å²) in [5.41, 5.74) is 3.50. The molecule has 0 radical (unpaired) electrons. The molecule has 24 heavy (non-hydrogen) atoms. The van der Waals surface area contributed by atoms with Crippen molar-refractivity contribution in [3.05, 3.63) is 45.7 Å². The van der Waals surface area contributed by atoms with E-state index in [1.165, 1.54) is 11.3 Å². The zero-order chi connectivity index (χ0) is 17.0. The Morgan fingerprint density at radius 3 is 2.71 bits per heavy atom. The summed E-state index contributed by atoms with van der Waals surface area (Å²) in [6.07, 6.45) is 0.768. The van der Waals surface area contributed by atoms with Crippen molar-refractivity contribution in [2.24, 2.45) is 0 Å². The molecule has 0 saturated carbocycles. The van der Waals surface area contributed by atoms with Crippen molar-refractivity contribution in [3.63, 3.8) is 0 Å². The average molecular weight is 340 g/mol. The minimum absolute atomic E-state index is 0.0169. The maximum atomic E-state index is 13.0. The lowest BCUT2D eigenvalue weighted by molar-refractivity contribution is 0.0990. The molecular weight excluding hydrogens is 324 g/mol. The number of amides is 1. The molecule has 1 amide bonds. The Balaban J connectivity index is 1.74. The summed E-state index contributed by atoms with van der Waals surface area (Å²) < 4.78 is 1.91. The number of Topliss-reactive ketones (excluding diaryl/α,β-unsaturated/α-hetero) is 1. The number of benzene rings is 1. The highest BCUT2D eigenvalue weighted by atomic mass is 32.1. The van der Waals surface area contributed by atoms with E-state index < -0.39 is 0 Å². The monoisotopic (exact) mass is 340 g/mol. The maximum Gasteiger partial charge on any atom is 0.270 e. The second-order valence-corrected chi connectivity index (χ2v) is 6.97. The molecule has 1 aromatic carbocycles. The first-order valence-electron chi connectivity index (χ1n) is 7.74. The zero-order valence-corrected chi connectivity index (χ0v) is 14.5. The standard InChI is InChI=1S/C17H16N4O2S/c1-9-15(24-17-19-18-11(3)21(9)17)16(23)20-7-6-13-8-12(10(2)22)4-5-14(13)20/h4-5,8H,6-7H2,1-3H3. The van der Waals surface area contributed by atoms with E-state index in [0.29, 0.717) is 17.0 Å². The van der Waals surface area contributed by atoms with Crippen molar-refractivity contribution in [2.75, 3.05) is 11.4 Å². The molecule has 0 atom stereocenters. The molecule has 6 nitrogen and oxygen atoms in total. The number of thiazole rings is 1. The predicted octanol–water partition coefficient (Wildman–Crippen LogP) is 2.81. The van der Waals surface area contributed by atoms with Crippen molar-refractivity contribution < 1.29 is 9.59 Å². The third-order valence-corrected chi connectivity index (χ3v) is 5.59.